The first-order valence-electron chi connectivity index (χ1n) is 5.99. The lowest BCUT2D eigenvalue weighted by atomic mass is 10.1. The minimum Gasteiger partial charge on any atom is -0.352 e. The summed E-state index contributed by atoms with van der Waals surface area (Å²) in [6.07, 6.45) is 0.726. The maximum Gasteiger partial charge on any atom is 0.224 e. The Bertz CT molecular complexity index is 450. The number of nitrogens with two attached hydrogens (primary N) is 1. The summed E-state index contributed by atoms with van der Waals surface area (Å²) in [6.45, 7) is 2.08. The van der Waals surface area contributed by atoms with E-state index in [1.54, 1.807) is 19.1 Å². The van der Waals surface area contributed by atoms with Crippen LogP contribution in [0.4, 0.5) is 4.39 Å². The van der Waals surface area contributed by atoms with Gasteiger partial charge in [0, 0.05) is 35.0 Å². The zero-order chi connectivity index (χ0) is 13.3. The lowest BCUT2D eigenvalue weighted by Gasteiger charge is -2.10. The van der Waals surface area contributed by atoms with Gasteiger partial charge >= 0.3 is 0 Å². The minimum absolute atomic E-state index is 0. The maximum absolute atomic E-state index is 13.7. The van der Waals surface area contributed by atoms with E-state index < -0.39 is 0 Å². The number of nitrogens with one attached hydrogen (secondary N) is 1. The Morgan fingerprint density at radius 1 is 1.63 bits per heavy atom. The van der Waals surface area contributed by atoms with Gasteiger partial charge in [0.25, 0.3) is 0 Å². The number of rotatable bonds is 4. The SMILES string of the molecule is CC(CN)C(=O)NC1CC1c1c(F)cccc1Cl.Cl. The summed E-state index contributed by atoms with van der Waals surface area (Å²) in [5.41, 5.74) is 5.93. The number of amides is 1. The maximum atomic E-state index is 13.7. The van der Waals surface area contributed by atoms with E-state index in [1.165, 1.54) is 6.07 Å². The van der Waals surface area contributed by atoms with Crippen LogP contribution in [0.15, 0.2) is 18.2 Å². The fourth-order valence-corrected chi connectivity index (χ4v) is 2.27. The number of hydrogen-bond donors (Lipinski definition) is 2. The van der Waals surface area contributed by atoms with Crippen molar-refractivity contribution >= 4 is 29.9 Å². The first-order chi connectivity index (χ1) is 8.54. The molecule has 1 amide bonds. The highest BCUT2D eigenvalue weighted by molar-refractivity contribution is 6.31. The minimum atomic E-state index is -0.309. The van der Waals surface area contributed by atoms with Gasteiger partial charge in [-0.15, -0.1) is 12.4 Å². The molecule has 0 spiro atoms. The second-order valence-electron chi connectivity index (χ2n) is 4.73. The van der Waals surface area contributed by atoms with Gasteiger partial charge in [-0.2, -0.15) is 0 Å². The Kier molecular flexibility index (Phi) is 5.59. The lowest BCUT2D eigenvalue weighted by Crippen LogP contribution is -2.35. The predicted octanol–water partition coefficient (Wildman–Crippen LogP) is 2.47. The number of halogens is 3. The molecule has 6 heteroatoms. The van der Waals surface area contributed by atoms with E-state index >= 15 is 0 Å². The van der Waals surface area contributed by atoms with Gasteiger partial charge in [0.2, 0.25) is 5.91 Å². The van der Waals surface area contributed by atoms with Gasteiger partial charge in [0.05, 0.1) is 0 Å². The molecule has 3 N–H and O–H groups in total. The summed E-state index contributed by atoms with van der Waals surface area (Å²) in [5, 5.41) is 3.28. The van der Waals surface area contributed by atoms with E-state index in [2.05, 4.69) is 5.32 Å². The molecule has 0 radical (unpaired) electrons. The van der Waals surface area contributed by atoms with E-state index in [4.69, 9.17) is 17.3 Å². The summed E-state index contributed by atoms with van der Waals surface area (Å²) in [7, 11) is 0. The Morgan fingerprint density at radius 2 is 2.32 bits per heavy atom. The highest BCUT2D eigenvalue weighted by Crippen LogP contribution is 2.44. The van der Waals surface area contributed by atoms with Crippen LogP contribution in [0, 0.1) is 11.7 Å². The molecule has 2 rings (SSSR count). The molecule has 1 saturated carbocycles. The summed E-state index contributed by atoms with van der Waals surface area (Å²) >= 11 is 5.98. The van der Waals surface area contributed by atoms with Crippen LogP contribution in [-0.2, 0) is 4.79 Å². The van der Waals surface area contributed by atoms with Gasteiger partial charge in [0.1, 0.15) is 5.82 Å². The third-order valence-electron chi connectivity index (χ3n) is 3.29. The largest absolute Gasteiger partial charge is 0.352 e. The van der Waals surface area contributed by atoms with Crippen LogP contribution in [0.2, 0.25) is 5.02 Å². The van der Waals surface area contributed by atoms with E-state index in [-0.39, 0.29) is 42.0 Å². The molecule has 3 atom stereocenters. The van der Waals surface area contributed by atoms with Crippen molar-refractivity contribution < 1.29 is 9.18 Å². The van der Waals surface area contributed by atoms with Crippen molar-refractivity contribution in [3.05, 3.63) is 34.6 Å². The molecule has 3 unspecified atom stereocenters. The summed E-state index contributed by atoms with van der Waals surface area (Å²) in [6, 6.07) is 4.61. The van der Waals surface area contributed by atoms with E-state index in [0.717, 1.165) is 6.42 Å². The van der Waals surface area contributed by atoms with Crippen LogP contribution < -0.4 is 11.1 Å². The monoisotopic (exact) mass is 306 g/mol. The molecule has 106 valence electrons. The molecule has 1 aliphatic rings. The molecular formula is C13H17Cl2FN2O. The molecule has 3 nitrogen and oxygen atoms in total. The third-order valence-corrected chi connectivity index (χ3v) is 3.62. The molecule has 0 aromatic heterocycles. The molecule has 0 aliphatic heterocycles. The van der Waals surface area contributed by atoms with Crippen LogP contribution in [0.3, 0.4) is 0 Å². The van der Waals surface area contributed by atoms with Gasteiger partial charge in [-0.1, -0.05) is 24.6 Å². The molecule has 1 fully saturated rings. The van der Waals surface area contributed by atoms with Crippen LogP contribution in [0.5, 0.6) is 0 Å². The Hall–Kier alpha value is -0.840. The standard InChI is InChI=1S/C13H16ClFN2O.ClH/c1-7(6-16)13(18)17-11-5-8(11)12-9(14)3-2-4-10(12)15;/h2-4,7-8,11H,5-6,16H2,1H3,(H,17,18);1H. The van der Waals surface area contributed by atoms with Crippen molar-refractivity contribution in [2.45, 2.75) is 25.3 Å². The quantitative estimate of drug-likeness (QED) is 0.898. The normalized spacial score (nSPS) is 22.3. The third kappa shape index (κ3) is 3.59. The van der Waals surface area contributed by atoms with Crippen LogP contribution in [0.25, 0.3) is 0 Å². The Balaban J connectivity index is 0.00000180. The Morgan fingerprint density at radius 3 is 2.89 bits per heavy atom. The van der Waals surface area contributed by atoms with Crippen molar-refractivity contribution in [1.82, 2.24) is 5.32 Å². The fourth-order valence-electron chi connectivity index (χ4n) is 1.97. The summed E-state index contributed by atoms with van der Waals surface area (Å²) in [5.74, 6) is -0.636. The van der Waals surface area contributed by atoms with Gasteiger partial charge < -0.3 is 11.1 Å². The van der Waals surface area contributed by atoms with Crippen molar-refractivity contribution in [3.63, 3.8) is 0 Å². The summed E-state index contributed by atoms with van der Waals surface area (Å²) < 4.78 is 13.7. The smallest absolute Gasteiger partial charge is 0.224 e. The van der Waals surface area contributed by atoms with E-state index in [9.17, 15) is 9.18 Å². The zero-order valence-electron chi connectivity index (χ0n) is 10.5. The van der Waals surface area contributed by atoms with Crippen molar-refractivity contribution in [1.29, 1.82) is 0 Å². The van der Waals surface area contributed by atoms with Gasteiger partial charge in [-0.05, 0) is 18.6 Å². The number of benzene rings is 1. The van der Waals surface area contributed by atoms with Crippen molar-refractivity contribution in [2.75, 3.05) is 6.54 Å². The van der Waals surface area contributed by atoms with Gasteiger partial charge in [0.15, 0.2) is 0 Å². The number of carbonyl (C=O) groups is 1. The average molecular weight is 307 g/mol. The van der Waals surface area contributed by atoms with Crippen LogP contribution >= 0.6 is 24.0 Å². The second kappa shape index (κ2) is 6.55. The zero-order valence-corrected chi connectivity index (χ0v) is 12.1. The average Bonchev–Trinajstić information content (AvgIpc) is 3.06. The topological polar surface area (TPSA) is 55.1 Å². The number of carbonyl (C=O) groups excluding carboxylic acids is 1. The van der Waals surface area contributed by atoms with E-state index in [1.807, 2.05) is 0 Å². The molecule has 1 aliphatic carbocycles. The lowest BCUT2D eigenvalue weighted by molar-refractivity contribution is -0.124. The highest BCUT2D eigenvalue weighted by atomic mass is 35.5. The van der Waals surface area contributed by atoms with Crippen LogP contribution in [-0.4, -0.2) is 18.5 Å². The number of hydrogen-bond acceptors (Lipinski definition) is 2. The van der Waals surface area contributed by atoms with Crippen molar-refractivity contribution in [2.24, 2.45) is 11.7 Å². The van der Waals surface area contributed by atoms with Crippen molar-refractivity contribution in [3.8, 4) is 0 Å². The second-order valence-corrected chi connectivity index (χ2v) is 5.14. The first-order valence-corrected chi connectivity index (χ1v) is 6.36. The molecule has 0 heterocycles. The molecule has 1 aromatic rings. The molecule has 19 heavy (non-hydrogen) atoms. The predicted molar refractivity (Wildman–Crippen MR) is 76.2 cm³/mol. The molecular weight excluding hydrogens is 290 g/mol. The van der Waals surface area contributed by atoms with E-state index in [0.29, 0.717) is 17.1 Å². The fraction of sp³-hybridized carbons (Fsp3) is 0.462. The molecule has 1 aromatic carbocycles. The van der Waals surface area contributed by atoms with Gasteiger partial charge in [-0.3, -0.25) is 4.79 Å². The Labute approximate surface area is 123 Å². The molecule has 0 bridgehead atoms. The molecule has 0 saturated heterocycles. The summed E-state index contributed by atoms with van der Waals surface area (Å²) in [4.78, 5) is 11.7. The highest BCUT2D eigenvalue weighted by Gasteiger charge is 2.42. The van der Waals surface area contributed by atoms with Crippen LogP contribution in [0.1, 0.15) is 24.8 Å². The van der Waals surface area contributed by atoms with Gasteiger partial charge in [-0.25, -0.2) is 4.39 Å². The first kappa shape index (κ1) is 16.2.